The van der Waals surface area contributed by atoms with E-state index in [4.69, 9.17) is 10.5 Å². The molecule has 0 saturated carbocycles. The average Bonchev–Trinajstić information content (AvgIpc) is 2.29. The van der Waals surface area contributed by atoms with E-state index < -0.39 is 0 Å². The van der Waals surface area contributed by atoms with Crippen molar-refractivity contribution in [3.63, 3.8) is 0 Å². The lowest BCUT2D eigenvalue weighted by atomic mass is 9.99. The molecule has 5 nitrogen and oxygen atoms in total. The third-order valence-electron chi connectivity index (χ3n) is 2.86. The first-order valence-electron chi connectivity index (χ1n) is 6.73. The van der Waals surface area contributed by atoms with Crippen LogP contribution in [0.15, 0.2) is 0 Å². The summed E-state index contributed by atoms with van der Waals surface area (Å²) in [6.07, 6.45) is 2.98. The Balaban J connectivity index is 4.17. The predicted octanol–water partition coefficient (Wildman–Crippen LogP) is 1.21. The molecule has 0 aromatic carbocycles. The average molecular weight is 258 g/mol. The van der Waals surface area contributed by atoms with Gasteiger partial charge in [0.2, 0.25) is 5.91 Å². The zero-order valence-corrected chi connectivity index (χ0v) is 11.7. The molecule has 0 spiro atoms. The van der Waals surface area contributed by atoms with Crippen LogP contribution in [0.25, 0.3) is 0 Å². The Morgan fingerprint density at radius 1 is 1.28 bits per heavy atom. The van der Waals surface area contributed by atoms with Gasteiger partial charge in [0, 0.05) is 6.42 Å². The van der Waals surface area contributed by atoms with E-state index in [0.29, 0.717) is 26.0 Å². The Morgan fingerprint density at radius 2 is 1.94 bits per heavy atom. The third kappa shape index (κ3) is 7.27. The Labute approximate surface area is 109 Å². The van der Waals surface area contributed by atoms with Crippen molar-refractivity contribution in [1.29, 1.82) is 0 Å². The Bertz CT molecular complexity index is 257. The van der Waals surface area contributed by atoms with E-state index in [2.05, 4.69) is 12.2 Å². The number of ether oxygens (including phenoxy) is 1. The SMILES string of the molecule is CCCC(CN[C@@H](CC)C(N)=O)CC(=O)OCC. The molecule has 0 aliphatic rings. The summed E-state index contributed by atoms with van der Waals surface area (Å²) >= 11 is 0. The second kappa shape index (κ2) is 9.88. The first-order chi connectivity index (χ1) is 8.54. The highest BCUT2D eigenvalue weighted by atomic mass is 16.5. The van der Waals surface area contributed by atoms with Crippen molar-refractivity contribution in [1.82, 2.24) is 5.32 Å². The molecule has 3 N–H and O–H groups in total. The Hall–Kier alpha value is -1.10. The Kier molecular flexibility index (Phi) is 9.28. The molecule has 0 aliphatic carbocycles. The maximum Gasteiger partial charge on any atom is 0.306 e. The van der Waals surface area contributed by atoms with Crippen LogP contribution in [0.4, 0.5) is 0 Å². The van der Waals surface area contributed by atoms with Crippen molar-refractivity contribution in [2.24, 2.45) is 11.7 Å². The first kappa shape index (κ1) is 16.9. The second-order valence-electron chi connectivity index (χ2n) is 4.44. The molecule has 0 saturated heterocycles. The van der Waals surface area contributed by atoms with Gasteiger partial charge in [0.05, 0.1) is 12.6 Å². The maximum absolute atomic E-state index is 11.4. The minimum atomic E-state index is -0.344. The molecule has 1 unspecified atom stereocenters. The lowest BCUT2D eigenvalue weighted by Crippen LogP contribution is -2.43. The number of carbonyl (C=O) groups is 2. The molecular weight excluding hydrogens is 232 g/mol. The van der Waals surface area contributed by atoms with Crippen molar-refractivity contribution >= 4 is 11.9 Å². The largest absolute Gasteiger partial charge is 0.466 e. The molecule has 0 rings (SSSR count). The molecule has 1 amide bonds. The lowest BCUT2D eigenvalue weighted by Gasteiger charge is -2.19. The van der Waals surface area contributed by atoms with E-state index in [9.17, 15) is 9.59 Å². The van der Waals surface area contributed by atoms with Crippen LogP contribution >= 0.6 is 0 Å². The molecule has 0 aliphatic heterocycles. The number of carbonyl (C=O) groups excluding carboxylic acids is 2. The quantitative estimate of drug-likeness (QED) is 0.577. The highest BCUT2D eigenvalue weighted by molar-refractivity contribution is 5.79. The van der Waals surface area contributed by atoms with E-state index in [1.54, 1.807) is 6.92 Å². The number of hydrogen-bond acceptors (Lipinski definition) is 4. The summed E-state index contributed by atoms with van der Waals surface area (Å²) in [5.41, 5.74) is 5.26. The number of hydrogen-bond donors (Lipinski definition) is 2. The summed E-state index contributed by atoms with van der Waals surface area (Å²) in [6.45, 7) is 6.80. The van der Waals surface area contributed by atoms with Gasteiger partial charge in [-0.1, -0.05) is 20.3 Å². The van der Waals surface area contributed by atoms with Gasteiger partial charge >= 0.3 is 5.97 Å². The van der Waals surface area contributed by atoms with Crippen LogP contribution in [0.5, 0.6) is 0 Å². The standard InChI is InChI=1S/C13H26N2O3/c1-4-7-10(8-12(16)18-6-3)9-15-11(5-2)13(14)17/h10-11,15H,4-9H2,1-3H3,(H2,14,17)/t10?,11-/m0/s1. The predicted molar refractivity (Wildman–Crippen MR) is 70.9 cm³/mol. The molecule has 0 radical (unpaired) electrons. The number of rotatable bonds is 10. The van der Waals surface area contributed by atoms with Crippen LogP contribution in [0.3, 0.4) is 0 Å². The van der Waals surface area contributed by atoms with Gasteiger partial charge in [0.15, 0.2) is 0 Å². The minimum Gasteiger partial charge on any atom is -0.466 e. The monoisotopic (exact) mass is 258 g/mol. The van der Waals surface area contributed by atoms with E-state index in [-0.39, 0.29) is 23.8 Å². The molecule has 0 aromatic rings. The highest BCUT2D eigenvalue weighted by Gasteiger charge is 2.17. The van der Waals surface area contributed by atoms with Crippen LogP contribution in [0.1, 0.15) is 46.5 Å². The topological polar surface area (TPSA) is 81.4 Å². The fourth-order valence-corrected chi connectivity index (χ4v) is 1.90. The van der Waals surface area contributed by atoms with E-state index in [1.165, 1.54) is 0 Å². The molecule has 0 fully saturated rings. The fraction of sp³-hybridized carbons (Fsp3) is 0.846. The third-order valence-corrected chi connectivity index (χ3v) is 2.86. The van der Waals surface area contributed by atoms with E-state index in [0.717, 1.165) is 12.8 Å². The maximum atomic E-state index is 11.4. The number of nitrogens with one attached hydrogen (secondary N) is 1. The normalized spacial score (nSPS) is 13.9. The van der Waals surface area contributed by atoms with Gasteiger partial charge in [-0.15, -0.1) is 0 Å². The molecule has 18 heavy (non-hydrogen) atoms. The molecule has 5 heteroatoms. The lowest BCUT2D eigenvalue weighted by molar-refractivity contribution is -0.144. The van der Waals surface area contributed by atoms with Gasteiger partial charge in [-0.25, -0.2) is 0 Å². The van der Waals surface area contributed by atoms with Gasteiger partial charge in [-0.05, 0) is 32.2 Å². The van der Waals surface area contributed by atoms with Crippen LogP contribution in [0, 0.1) is 5.92 Å². The Morgan fingerprint density at radius 3 is 2.39 bits per heavy atom. The van der Waals surface area contributed by atoms with Crippen LogP contribution in [-0.2, 0) is 14.3 Å². The fourth-order valence-electron chi connectivity index (χ4n) is 1.90. The van der Waals surface area contributed by atoms with E-state index in [1.807, 2.05) is 6.92 Å². The van der Waals surface area contributed by atoms with Gasteiger partial charge in [0.1, 0.15) is 0 Å². The zero-order chi connectivity index (χ0) is 14.0. The van der Waals surface area contributed by atoms with Crippen LogP contribution in [0.2, 0.25) is 0 Å². The van der Waals surface area contributed by atoms with Gasteiger partial charge in [-0.3, -0.25) is 9.59 Å². The number of nitrogens with two attached hydrogens (primary N) is 1. The molecule has 106 valence electrons. The first-order valence-corrected chi connectivity index (χ1v) is 6.73. The molecule has 2 atom stereocenters. The summed E-state index contributed by atoms with van der Waals surface area (Å²) < 4.78 is 4.94. The summed E-state index contributed by atoms with van der Waals surface area (Å²) in [6, 6.07) is -0.313. The number of primary amides is 1. The summed E-state index contributed by atoms with van der Waals surface area (Å²) in [5, 5.41) is 3.12. The van der Waals surface area contributed by atoms with Crippen molar-refractivity contribution in [3.8, 4) is 0 Å². The van der Waals surface area contributed by atoms with Crippen LogP contribution < -0.4 is 11.1 Å². The minimum absolute atomic E-state index is 0.176. The summed E-state index contributed by atoms with van der Waals surface area (Å²) in [5.74, 6) is -0.323. The molecule has 0 aromatic heterocycles. The number of esters is 1. The van der Waals surface area contributed by atoms with Gasteiger partial charge < -0.3 is 15.8 Å². The van der Waals surface area contributed by atoms with Crippen molar-refractivity contribution in [3.05, 3.63) is 0 Å². The summed E-state index contributed by atoms with van der Waals surface area (Å²) in [4.78, 5) is 22.5. The van der Waals surface area contributed by atoms with Gasteiger partial charge in [0.25, 0.3) is 0 Å². The summed E-state index contributed by atoms with van der Waals surface area (Å²) in [7, 11) is 0. The van der Waals surface area contributed by atoms with Crippen molar-refractivity contribution < 1.29 is 14.3 Å². The smallest absolute Gasteiger partial charge is 0.306 e. The van der Waals surface area contributed by atoms with E-state index >= 15 is 0 Å². The van der Waals surface area contributed by atoms with Crippen molar-refractivity contribution in [2.45, 2.75) is 52.5 Å². The van der Waals surface area contributed by atoms with Crippen molar-refractivity contribution in [2.75, 3.05) is 13.2 Å². The molecular formula is C13H26N2O3. The highest BCUT2D eigenvalue weighted by Crippen LogP contribution is 2.11. The van der Waals surface area contributed by atoms with Crippen LogP contribution in [-0.4, -0.2) is 31.1 Å². The number of amides is 1. The van der Waals surface area contributed by atoms with Gasteiger partial charge in [-0.2, -0.15) is 0 Å². The zero-order valence-electron chi connectivity index (χ0n) is 11.7. The molecule has 0 bridgehead atoms. The second-order valence-corrected chi connectivity index (χ2v) is 4.44. The molecule has 0 heterocycles.